The van der Waals surface area contributed by atoms with Crippen molar-refractivity contribution in [3.63, 3.8) is 0 Å². The van der Waals surface area contributed by atoms with Gasteiger partial charge in [0.15, 0.2) is 0 Å². The zero-order valence-corrected chi connectivity index (χ0v) is 11.5. The molecule has 1 amide bonds. The van der Waals surface area contributed by atoms with E-state index in [1.54, 1.807) is 12.1 Å². The Bertz CT molecular complexity index is 446. The number of nitrogens with one attached hydrogen (secondary N) is 2. The van der Waals surface area contributed by atoms with E-state index in [1.807, 2.05) is 6.07 Å². The van der Waals surface area contributed by atoms with E-state index in [1.165, 1.54) is 0 Å². The van der Waals surface area contributed by atoms with Crippen molar-refractivity contribution in [3.8, 4) is 0 Å². The zero-order chi connectivity index (χ0) is 13.7. The van der Waals surface area contributed by atoms with Crippen LogP contribution in [0.2, 0.25) is 5.02 Å². The first-order chi connectivity index (χ1) is 9.19. The number of piperazine rings is 1. The molecule has 1 saturated heterocycles. The van der Waals surface area contributed by atoms with E-state index >= 15 is 0 Å². The van der Waals surface area contributed by atoms with E-state index in [9.17, 15) is 4.79 Å². The molecule has 0 spiro atoms. The molecule has 0 aliphatic carbocycles. The second-order valence-corrected chi connectivity index (χ2v) is 5.00. The predicted molar refractivity (Wildman–Crippen MR) is 77.3 cm³/mol. The van der Waals surface area contributed by atoms with E-state index in [4.69, 9.17) is 17.3 Å². The summed E-state index contributed by atoms with van der Waals surface area (Å²) >= 11 is 6.10. The van der Waals surface area contributed by atoms with Gasteiger partial charge in [-0.1, -0.05) is 17.7 Å². The highest BCUT2D eigenvalue weighted by Crippen LogP contribution is 2.22. The van der Waals surface area contributed by atoms with Gasteiger partial charge in [0.25, 0.3) is 0 Å². The highest BCUT2D eigenvalue weighted by Gasteiger charge is 2.14. The molecular formula is C13H19ClN4O. The van der Waals surface area contributed by atoms with Crippen LogP contribution in [0, 0.1) is 0 Å². The topological polar surface area (TPSA) is 70.4 Å². The maximum atomic E-state index is 11.9. The number of amides is 1. The molecule has 1 aliphatic heterocycles. The Morgan fingerprint density at radius 2 is 2.16 bits per heavy atom. The molecule has 1 aromatic carbocycles. The minimum absolute atomic E-state index is 0.0377. The highest BCUT2D eigenvalue weighted by molar-refractivity contribution is 6.33. The molecule has 104 valence electrons. The average molecular weight is 283 g/mol. The Balaban J connectivity index is 1.91. The average Bonchev–Trinajstić information content (AvgIpc) is 2.42. The quantitative estimate of drug-likeness (QED) is 0.758. The highest BCUT2D eigenvalue weighted by atomic mass is 35.5. The second-order valence-electron chi connectivity index (χ2n) is 4.59. The zero-order valence-electron chi connectivity index (χ0n) is 10.8. The Hall–Kier alpha value is -1.14. The molecule has 0 atom stereocenters. The van der Waals surface area contributed by atoms with E-state index in [0.717, 1.165) is 31.7 Å². The molecule has 0 radical (unpaired) electrons. The molecule has 0 bridgehead atoms. The van der Waals surface area contributed by atoms with Crippen LogP contribution < -0.4 is 16.4 Å². The Morgan fingerprint density at radius 1 is 1.42 bits per heavy atom. The van der Waals surface area contributed by atoms with Crippen LogP contribution in [0.1, 0.15) is 5.56 Å². The summed E-state index contributed by atoms with van der Waals surface area (Å²) in [6.45, 7) is 4.49. The predicted octanol–water partition coefficient (Wildman–Crippen LogP) is 0.642. The van der Waals surface area contributed by atoms with Gasteiger partial charge in [-0.05, 0) is 17.7 Å². The second kappa shape index (κ2) is 6.86. The van der Waals surface area contributed by atoms with Crippen LogP contribution in [-0.2, 0) is 11.3 Å². The third-order valence-electron chi connectivity index (χ3n) is 3.12. The molecule has 1 fully saturated rings. The monoisotopic (exact) mass is 282 g/mol. The van der Waals surface area contributed by atoms with Crippen molar-refractivity contribution in [1.29, 1.82) is 0 Å². The lowest BCUT2D eigenvalue weighted by molar-refractivity contribution is -0.117. The van der Waals surface area contributed by atoms with Crippen LogP contribution in [0.15, 0.2) is 18.2 Å². The fraction of sp³-hybridized carbons (Fsp3) is 0.462. The molecule has 0 aromatic heterocycles. The van der Waals surface area contributed by atoms with Crippen molar-refractivity contribution in [3.05, 3.63) is 28.8 Å². The molecule has 1 aromatic rings. The van der Waals surface area contributed by atoms with Crippen LogP contribution in [0.5, 0.6) is 0 Å². The number of hydrogen-bond donors (Lipinski definition) is 3. The summed E-state index contributed by atoms with van der Waals surface area (Å²) in [5.74, 6) is -0.0377. The number of nitrogens with two attached hydrogens (primary N) is 1. The molecule has 5 nitrogen and oxygen atoms in total. The number of nitrogens with zero attached hydrogens (tertiary/aromatic N) is 1. The fourth-order valence-electron chi connectivity index (χ4n) is 2.05. The number of rotatable bonds is 4. The fourth-order valence-corrected chi connectivity index (χ4v) is 2.30. The van der Waals surface area contributed by atoms with Crippen LogP contribution in [0.4, 0.5) is 5.69 Å². The number of carbonyl (C=O) groups excluding carboxylic acids is 1. The van der Waals surface area contributed by atoms with Crippen LogP contribution in [0.25, 0.3) is 0 Å². The molecule has 1 aliphatic rings. The summed E-state index contributed by atoms with van der Waals surface area (Å²) in [6, 6.07) is 5.44. The minimum atomic E-state index is -0.0377. The molecule has 4 N–H and O–H groups in total. The van der Waals surface area contributed by atoms with Gasteiger partial charge in [0.1, 0.15) is 0 Å². The summed E-state index contributed by atoms with van der Waals surface area (Å²) in [5, 5.41) is 6.61. The molecule has 0 unspecified atom stereocenters. The summed E-state index contributed by atoms with van der Waals surface area (Å²) in [4.78, 5) is 14.0. The first kappa shape index (κ1) is 14.3. The van der Waals surface area contributed by atoms with Crippen molar-refractivity contribution >= 4 is 23.2 Å². The third kappa shape index (κ3) is 4.18. The van der Waals surface area contributed by atoms with Gasteiger partial charge in [-0.25, -0.2) is 0 Å². The number of anilines is 1. The number of hydrogen-bond acceptors (Lipinski definition) is 4. The molecular weight excluding hydrogens is 264 g/mol. The van der Waals surface area contributed by atoms with Gasteiger partial charge in [0, 0.05) is 32.7 Å². The Labute approximate surface area is 118 Å². The normalized spacial score (nSPS) is 16.3. The van der Waals surface area contributed by atoms with Crippen molar-refractivity contribution < 1.29 is 4.79 Å². The van der Waals surface area contributed by atoms with Crippen LogP contribution in [0.3, 0.4) is 0 Å². The van der Waals surface area contributed by atoms with Crippen molar-refractivity contribution in [2.24, 2.45) is 5.73 Å². The summed E-state index contributed by atoms with van der Waals surface area (Å²) < 4.78 is 0. The van der Waals surface area contributed by atoms with Gasteiger partial charge in [-0.3, -0.25) is 9.69 Å². The molecule has 19 heavy (non-hydrogen) atoms. The van der Waals surface area contributed by atoms with Crippen molar-refractivity contribution in [2.75, 3.05) is 38.0 Å². The molecule has 0 saturated carbocycles. The maximum absolute atomic E-state index is 11.9. The SMILES string of the molecule is NCc1ccc(NC(=O)CN2CCNCC2)c(Cl)c1. The largest absolute Gasteiger partial charge is 0.326 e. The molecule has 2 rings (SSSR count). The summed E-state index contributed by atoms with van der Waals surface area (Å²) in [5.41, 5.74) is 7.12. The van der Waals surface area contributed by atoms with Crippen LogP contribution in [-0.4, -0.2) is 43.5 Å². The number of carbonyl (C=O) groups is 1. The van der Waals surface area contributed by atoms with Gasteiger partial charge in [0.05, 0.1) is 17.3 Å². The van der Waals surface area contributed by atoms with Gasteiger partial charge in [-0.2, -0.15) is 0 Å². The Morgan fingerprint density at radius 3 is 2.79 bits per heavy atom. The standard InChI is InChI=1S/C13H19ClN4O/c14-11-7-10(8-15)1-2-12(11)17-13(19)9-18-5-3-16-4-6-18/h1-2,7,16H,3-6,8-9,15H2,(H,17,19). The lowest BCUT2D eigenvalue weighted by Gasteiger charge is -2.26. The van der Waals surface area contributed by atoms with E-state index in [2.05, 4.69) is 15.5 Å². The molecule has 6 heteroatoms. The van der Waals surface area contributed by atoms with Gasteiger partial charge >= 0.3 is 0 Å². The van der Waals surface area contributed by atoms with Gasteiger partial charge < -0.3 is 16.4 Å². The first-order valence-electron chi connectivity index (χ1n) is 6.40. The number of benzene rings is 1. The van der Waals surface area contributed by atoms with E-state index in [-0.39, 0.29) is 5.91 Å². The summed E-state index contributed by atoms with van der Waals surface area (Å²) in [6.07, 6.45) is 0. The first-order valence-corrected chi connectivity index (χ1v) is 6.78. The van der Waals surface area contributed by atoms with Crippen molar-refractivity contribution in [1.82, 2.24) is 10.2 Å². The summed E-state index contributed by atoms with van der Waals surface area (Å²) in [7, 11) is 0. The lowest BCUT2D eigenvalue weighted by atomic mass is 10.2. The van der Waals surface area contributed by atoms with Crippen LogP contribution >= 0.6 is 11.6 Å². The Kier molecular flexibility index (Phi) is 5.15. The molecule has 1 heterocycles. The van der Waals surface area contributed by atoms with Gasteiger partial charge in [-0.15, -0.1) is 0 Å². The number of halogens is 1. The van der Waals surface area contributed by atoms with E-state index in [0.29, 0.717) is 23.8 Å². The minimum Gasteiger partial charge on any atom is -0.326 e. The smallest absolute Gasteiger partial charge is 0.238 e. The lowest BCUT2D eigenvalue weighted by Crippen LogP contribution is -2.46. The third-order valence-corrected chi connectivity index (χ3v) is 3.43. The maximum Gasteiger partial charge on any atom is 0.238 e. The van der Waals surface area contributed by atoms with Gasteiger partial charge in [0.2, 0.25) is 5.91 Å². The van der Waals surface area contributed by atoms with E-state index < -0.39 is 0 Å². The van der Waals surface area contributed by atoms with Crippen molar-refractivity contribution in [2.45, 2.75) is 6.54 Å².